The lowest BCUT2D eigenvalue weighted by molar-refractivity contribution is -0.153. The van der Waals surface area contributed by atoms with Crippen molar-refractivity contribution in [2.24, 2.45) is 0 Å². The Balaban J connectivity index is -0.000000333. The van der Waals surface area contributed by atoms with Crippen molar-refractivity contribution in [3.05, 3.63) is 25.3 Å². The first kappa shape index (κ1) is 25.8. The molecule has 9 heteroatoms. The maximum Gasteiger partial charge on any atom is 0.332 e. The molecule has 2 N–H and O–H groups in total. The Hall–Kier alpha value is -2.10. The molecule has 23 heavy (non-hydrogen) atoms. The summed E-state index contributed by atoms with van der Waals surface area (Å²) in [6.07, 6.45) is 2.70. The highest BCUT2D eigenvalue weighted by atomic mass is 28.1. The van der Waals surface area contributed by atoms with Gasteiger partial charge in [0.05, 0.1) is 0 Å². The second-order valence-electron chi connectivity index (χ2n) is 3.98. The predicted molar refractivity (Wildman–Crippen MR) is 90.5 cm³/mol. The van der Waals surface area contributed by atoms with Gasteiger partial charge in [0.15, 0.2) is 0 Å². The molecule has 0 radical (unpaired) electrons. The van der Waals surface area contributed by atoms with E-state index in [9.17, 15) is 19.2 Å². The van der Waals surface area contributed by atoms with Gasteiger partial charge in [-0.15, -0.1) is 24.1 Å². The Morgan fingerprint density at radius 2 is 1.13 bits per heavy atom. The molecule has 0 aliphatic heterocycles. The summed E-state index contributed by atoms with van der Waals surface area (Å²) in [5.41, 5.74) is 4.64. The van der Waals surface area contributed by atoms with Gasteiger partial charge in [0.1, 0.15) is 24.4 Å². The van der Waals surface area contributed by atoms with Crippen molar-refractivity contribution < 1.29 is 28.9 Å². The fourth-order valence-corrected chi connectivity index (χ4v) is 0.841. The van der Waals surface area contributed by atoms with Gasteiger partial charge >= 0.3 is 11.9 Å². The lowest BCUT2D eigenvalue weighted by Crippen LogP contribution is -2.21. The normalized spacial score (nSPS) is 8.43. The molecule has 0 fully saturated rings. The number of hydrogen-bond acceptors (Lipinski definition) is 8. The minimum Gasteiger partial charge on any atom is -0.370 e. The van der Waals surface area contributed by atoms with Crippen LogP contribution in [0.5, 0.6) is 0 Å². The third kappa shape index (κ3) is 25.2. The molecule has 0 aromatic carbocycles. The van der Waals surface area contributed by atoms with E-state index in [0.717, 1.165) is 0 Å². The summed E-state index contributed by atoms with van der Waals surface area (Å²) in [5.74, 6) is -1.57. The maximum atomic E-state index is 10.6. The summed E-state index contributed by atoms with van der Waals surface area (Å²) < 4.78 is 0. The summed E-state index contributed by atoms with van der Waals surface area (Å²) in [6.45, 7) is 10.2. The molecule has 0 saturated heterocycles. The van der Waals surface area contributed by atoms with Crippen LogP contribution in [0.3, 0.4) is 0 Å². The van der Waals surface area contributed by atoms with Gasteiger partial charge in [0.2, 0.25) is 0 Å². The van der Waals surface area contributed by atoms with Crippen molar-refractivity contribution >= 4 is 34.5 Å². The predicted octanol–water partition coefficient (Wildman–Crippen LogP) is -1.05. The average Bonchev–Trinajstić information content (AvgIpc) is 2.38. The van der Waals surface area contributed by atoms with Crippen LogP contribution in [-0.2, 0) is 28.9 Å². The minimum absolute atomic E-state index is 0. The van der Waals surface area contributed by atoms with Crippen LogP contribution in [0.15, 0.2) is 25.3 Å². The monoisotopic (exact) mass is 346 g/mol. The summed E-state index contributed by atoms with van der Waals surface area (Å²) in [5, 5.41) is 0. The first-order valence-corrected chi connectivity index (χ1v) is 6.39. The Morgan fingerprint density at radius 3 is 1.35 bits per heavy atom. The van der Waals surface area contributed by atoms with Crippen molar-refractivity contribution in [1.29, 1.82) is 0 Å². The van der Waals surface area contributed by atoms with Gasteiger partial charge in [-0.1, -0.05) is 12.2 Å². The molecule has 8 nitrogen and oxygen atoms in total. The van der Waals surface area contributed by atoms with Gasteiger partial charge in [-0.25, -0.2) is 9.59 Å². The zero-order chi connectivity index (χ0) is 17.4. The second kappa shape index (κ2) is 17.9. The zero-order valence-electron chi connectivity index (χ0n) is 12.8. The van der Waals surface area contributed by atoms with Crippen molar-refractivity contribution in [2.75, 3.05) is 13.1 Å². The number of hydrogen-bond donors (Lipinski definition) is 2. The lowest BCUT2D eigenvalue weighted by atomic mass is 10.3. The van der Waals surface area contributed by atoms with Crippen LogP contribution in [0.25, 0.3) is 0 Å². The number of ketones is 2. The Bertz CT molecular complexity index is 374. The van der Waals surface area contributed by atoms with Crippen LogP contribution in [-0.4, -0.2) is 47.6 Å². The molecule has 0 unspecified atom stereocenters. The van der Waals surface area contributed by atoms with Crippen LogP contribution >= 0.6 is 0 Å². The number of Topliss-reactive ketones (excluding diaryl/α,β-unsaturated/α-hetero) is 2. The average molecular weight is 346 g/mol. The molecule has 0 aliphatic rings. The van der Waals surface area contributed by atoms with Crippen LogP contribution in [0, 0.1) is 0 Å². The second-order valence-corrected chi connectivity index (χ2v) is 3.98. The molecule has 0 atom stereocenters. The highest BCUT2D eigenvalue weighted by Gasteiger charge is 2.05. The molecule has 0 aliphatic carbocycles. The van der Waals surface area contributed by atoms with Gasteiger partial charge < -0.3 is 9.68 Å². The molecular formula is C14H26N2O6Si. The third-order valence-electron chi connectivity index (χ3n) is 1.61. The number of carbonyl (C=O) groups excluding carboxylic acids is 4. The Kier molecular flexibility index (Phi) is 20.2. The van der Waals surface area contributed by atoms with Crippen LogP contribution in [0.4, 0.5) is 0 Å². The quantitative estimate of drug-likeness (QED) is 0.169. The van der Waals surface area contributed by atoms with Gasteiger partial charge in [0.25, 0.3) is 0 Å². The van der Waals surface area contributed by atoms with Crippen LogP contribution < -0.4 is 11.0 Å². The van der Waals surface area contributed by atoms with Gasteiger partial charge in [-0.3, -0.25) is 9.59 Å². The van der Waals surface area contributed by atoms with Crippen molar-refractivity contribution in [3.63, 3.8) is 0 Å². The maximum absolute atomic E-state index is 10.6. The molecule has 0 heterocycles. The van der Waals surface area contributed by atoms with Crippen molar-refractivity contribution in [3.8, 4) is 0 Å². The molecule has 0 aromatic rings. The first-order valence-electron chi connectivity index (χ1n) is 6.39. The van der Waals surface area contributed by atoms with Gasteiger partial charge in [-0.05, 0) is 24.8 Å². The van der Waals surface area contributed by atoms with E-state index >= 15 is 0 Å². The SMILES string of the molecule is C=CCNOC(=O)CC(C)=O.C=CCNOC(=O)CC(C)=O.[SiH4]. The van der Waals surface area contributed by atoms with Crippen molar-refractivity contribution in [1.82, 2.24) is 11.0 Å². The van der Waals surface area contributed by atoms with E-state index in [-0.39, 0.29) is 35.4 Å². The topological polar surface area (TPSA) is 111 Å². The molecule has 132 valence electrons. The molecule has 0 aromatic heterocycles. The molecule has 0 saturated carbocycles. The highest BCUT2D eigenvalue weighted by molar-refractivity contribution is 5.94. The summed E-state index contributed by atoms with van der Waals surface area (Å²) in [4.78, 5) is 50.7. The van der Waals surface area contributed by atoms with E-state index in [0.29, 0.717) is 13.1 Å². The molecular weight excluding hydrogens is 320 g/mol. The Labute approximate surface area is 140 Å². The van der Waals surface area contributed by atoms with E-state index in [2.05, 4.69) is 33.8 Å². The first-order chi connectivity index (χ1) is 10.3. The van der Waals surface area contributed by atoms with Crippen LogP contribution in [0.1, 0.15) is 26.7 Å². The van der Waals surface area contributed by atoms with Gasteiger partial charge in [-0.2, -0.15) is 0 Å². The number of nitrogens with one attached hydrogen (secondary N) is 2. The van der Waals surface area contributed by atoms with E-state index in [4.69, 9.17) is 0 Å². The summed E-state index contributed by atoms with van der Waals surface area (Å²) in [6, 6.07) is 0. The van der Waals surface area contributed by atoms with Crippen molar-refractivity contribution in [2.45, 2.75) is 26.7 Å². The fourth-order valence-electron chi connectivity index (χ4n) is 0.841. The zero-order valence-corrected chi connectivity index (χ0v) is 12.8. The molecule has 0 spiro atoms. The third-order valence-corrected chi connectivity index (χ3v) is 1.61. The fraction of sp³-hybridized carbons (Fsp3) is 0.429. The summed E-state index contributed by atoms with van der Waals surface area (Å²) >= 11 is 0. The molecule has 0 rings (SSSR count). The number of rotatable bonds is 10. The lowest BCUT2D eigenvalue weighted by Gasteiger charge is -2.00. The van der Waals surface area contributed by atoms with E-state index in [1.54, 1.807) is 12.2 Å². The highest BCUT2D eigenvalue weighted by Crippen LogP contribution is 1.85. The molecule has 0 amide bonds. The smallest absolute Gasteiger partial charge is 0.332 e. The number of carbonyl (C=O) groups is 4. The summed E-state index contributed by atoms with van der Waals surface area (Å²) in [7, 11) is 0. The molecule has 0 bridgehead atoms. The van der Waals surface area contributed by atoms with E-state index < -0.39 is 11.9 Å². The largest absolute Gasteiger partial charge is 0.370 e. The van der Waals surface area contributed by atoms with Gasteiger partial charge in [0, 0.05) is 13.1 Å². The van der Waals surface area contributed by atoms with E-state index in [1.807, 2.05) is 0 Å². The number of hydroxylamine groups is 2. The van der Waals surface area contributed by atoms with E-state index in [1.165, 1.54) is 13.8 Å². The minimum atomic E-state index is -0.570. The standard InChI is InChI=1S/2C7H11NO3.H4Si/c2*1-3-4-8-11-7(10)5-6(2)9;/h2*3,8H,1,4-5H2,2H3;1H4. The van der Waals surface area contributed by atoms with Crippen LogP contribution in [0.2, 0.25) is 0 Å². The Morgan fingerprint density at radius 1 is 0.826 bits per heavy atom.